The number of hydrogen-bond donors (Lipinski definition) is 2. The van der Waals surface area contributed by atoms with E-state index in [0.717, 1.165) is 54.3 Å². The van der Waals surface area contributed by atoms with Gasteiger partial charge in [0, 0.05) is 50.7 Å². The van der Waals surface area contributed by atoms with Gasteiger partial charge in [-0.05, 0) is 43.6 Å². The predicted octanol–water partition coefficient (Wildman–Crippen LogP) is 2.81. The maximum Gasteiger partial charge on any atom is 0.256 e. The van der Waals surface area contributed by atoms with Gasteiger partial charge in [-0.3, -0.25) is 0 Å². The number of aliphatic hydroxyl groups is 1. The number of ether oxygens (including phenoxy) is 1. The van der Waals surface area contributed by atoms with Gasteiger partial charge in [-0.2, -0.15) is 9.19 Å². The van der Waals surface area contributed by atoms with Crippen molar-refractivity contribution in [3.05, 3.63) is 42.5 Å². The fourth-order valence-corrected chi connectivity index (χ4v) is 6.40. The van der Waals surface area contributed by atoms with Crippen LogP contribution in [0.3, 0.4) is 0 Å². The summed E-state index contributed by atoms with van der Waals surface area (Å²) in [5, 5.41) is 16.8. The van der Waals surface area contributed by atoms with Crippen molar-refractivity contribution in [3.63, 3.8) is 0 Å². The third-order valence-electron chi connectivity index (χ3n) is 7.85. The van der Waals surface area contributed by atoms with Crippen molar-refractivity contribution < 1.29 is 18.3 Å². The summed E-state index contributed by atoms with van der Waals surface area (Å²) in [5.41, 5.74) is 2.30. The van der Waals surface area contributed by atoms with Crippen LogP contribution in [0, 0.1) is 23.2 Å². The maximum absolute atomic E-state index is 12.5. The molecule has 40 heavy (non-hydrogen) atoms. The minimum Gasteiger partial charge on any atom is -0.396 e. The van der Waals surface area contributed by atoms with E-state index in [9.17, 15) is 13.5 Å². The Hall–Kier alpha value is -3.53. The molecule has 2 aliphatic heterocycles. The largest absolute Gasteiger partial charge is 0.396 e. The second kappa shape index (κ2) is 10.8. The molecule has 0 bridgehead atoms. The van der Waals surface area contributed by atoms with E-state index in [1.807, 2.05) is 6.07 Å². The van der Waals surface area contributed by atoms with Crippen LogP contribution in [0.15, 0.2) is 36.9 Å². The summed E-state index contributed by atoms with van der Waals surface area (Å²) in [7, 11) is -3.46. The van der Waals surface area contributed by atoms with Crippen molar-refractivity contribution >= 4 is 27.3 Å². The average molecular weight is 564 g/mol. The normalized spacial score (nSPS) is 20.6. The van der Waals surface area contributed by atoms with E-state index in [1.165, 1.54) is 12.4 Å². The van der Waals surface area contributed by atoms with E-state index in [2.05, 4.69) is 49.0 Å². The Kier molecular flexibility index (Phi) is 7.20. The van der Waals surface area contributed by atoms with Crippen LogP contribution in [0.5, 0.6) is 0 Å². The summed E-state index contributed by atoms with van der Waals surface area (Å²) >= 11 is 0. The van der Waals surface area contributed by atoms with Crippen molar-refractivity contribution in [2.24, 2.45) is 11.3 Å². The SMILES string of the molecule is CC1(CO)CCN(c2cc(Nc3ccnc(-c4cnn(S(=O)(=O)C5CC5)c4)n3)ncc2C#CC2CCOC2)CC1. The van der Waals surface area contributed by atoms with Crippen LogP contribution in [0.25, 0.3) is 11.4 Å². The van der Waals surface area contributed by atoms with Crippen LogP contribution in [0.1, 0.15) is 44.6 Å². The molecule has 11 nitrogen and oxygen atoms in total. The molecule has 12 heteroatoms. The van der Waals surface area contributed by atoms with Crippen molar-refractivity contribution in [1.29, 1.82) is 0 Å². The third-order valence-corrected chi connectivity index (χ3v) is 9.89. The van der Waals surface area contributed by atoms with Gasteiger partial charge in [-0.25, -0.2) is 23.4 Å². The van der Waals surface area contributed by atoms with Gasteiger partial charge in [-0.15, -0.1) is 0 Å². The minimum atomic E-state index is -3.46. The van der Waals surface area contributed by atoms with E-state index in [4.69, 9.17) is 4.74 Å². The number of anilines is 3. The lowest BCUT2D eigenvalue weighted by Crippen LogP contribution is -2.40. The van der Waals surface area contributed by atoms with Crippen molar-refractivity contribution in [2.45, 2.75) is 44.3 Å². The molecule has 1 aliphatic carbocycles. The Morgan fingerprint density at radius 1 is 1.18 bits per heavy atom. The van der Waals surface area contributed by atoms with Gasteiger partial charge in [0.2, 0.25) is 0 Å². The lowest BCUT2D eigenvalue weighted by atomic mass is 9.81. The van der Waals surface area contributed by atoms with Crippen LogP contribution >= 0.6 is 0 Å². The Bertz CT molecular complexity index is 1540. The summed E-state index contributed by atoms with van der Waals surface area (Å²) in [6.07, 6.45) is 10.4. The molecule has 1 unspecified atom stereocenters. The van der Waals surface area contributed by atoms with Gasteiger partial charge in [0.05, 0.1) is 41.1 Å². The van der Waals surface area contributed by atoms with Crippen LogP contribution in [-0.2, 0) is 14.8 Å². The molecule has 0 radical (unpaired) electrons. The molecular formula is C28H33N7O4S. The van der Waals surface area contributed by atoms with E-state index in [0.29, 0.717) is 42.5 Å². The molecule has 2 saturated heterocycles. The summed E-state index contributed by atoms with van der Waals surface area (Å²) < 4.78 is 31.5. The van der Waals surface area contributed by atoms with E-state index in [1.54, 1.807) is 18.5 Å². The quantitative estimate of drug-likeness (QED) is 0.413. The monoisotopic (exact) mass is 563 g/mol. The Morgan fingerprint density at radius 2 is 2.00 bits per heavy atom. The molecule has 0 spiro atoms. The zero-order valence-electron chi connectivity index (χ0n) is 22.5. The van der Waals surface area contributed by atoms with Crippen LogP contribution < -0.4 is 10.2 Å². The first-order chi connectivity index (χ1) is 19.3. The second-order valence-corrected chi connectivity index (χ2v) is 13.2. The number of pyridine rings is 1. The summed E-state index contributed by atoms with van der Waals surface area (Å²) in [6, 6.07) is 3.72. The fourth-order valence-electron chi connectivity index (χ4n) is 4.92. The van der Waals surface area contributed by atoms with E-state index < -0.39 is 10.0 Å². The number of nitrogens with one attached hydrogen (secondary N) is 1. The maximum atomic E-state index is 12.5. The first-order valence-electron chi connectivity index (χ1n) is 13.7. The topological polar surface area (TPSA) is 135 Å². The molecular weight excluding hydrogens is 530 g/mol. The number of aliphatic hydroxyl groups excluding tert-OH is 1. The predicted molar refractivity (Wildman–Crippen MR) is 151 cm³/mol. The molecule has 210 valence electrons. The van der Waals surface area contributed by atoms with Gasteiger partial charge in [-0.1, -0.05) is 18.8 Å². The Labute approximate surface area is 234 Å². The molecule has 1 atom stereocenters. The van der Waals surface area contributed by atoms with E-state index in [-0.39, 0.29) is 23.2 Å². The molecule has 5 heterocycles. The first-order valence-corrected chi connectivity index (χ1v) is 15.2. The second-order valence-electron chi connectivity index (χ2n) is 11.1. The van der Waals surface area contributed by atoms with Gasteiger partial charge >= 0.3 is 0 Å². The first kappa shape index (κ1) is 26.7. The van der Waals surface area contributed by atoms with Gasteiger partial charge in [0.15, 0.2) is 5.82 Å². The Morgan fingerprint density at radius 3 is 2.73 bits per heavy atom. The Balaban J connectivity index is 1.25. The van der Waals surface area contributed by atoms with Crippen molar-refractivity contribution in [1.82, 2.24) is 24.1 Å². The highest BCUT2D eigenvalue weighted by molar-refractivity contribution is 7.90. The zero-order chi connectivity index (χ0) is 27.7. The highest BCUT2D eigenvalue weighted by Crippen LogP contribution is 2.35. The number of nitrogens with zero attached hydrogens (tertiary/aromatic N) is 6. The fraction of sp³-hybridized carbons (Fsp3) is 0.500. The number of rotatable bonds is 7. The number of piperidine rings is 1. The summed E-state index contributed by atoms with van der Waals surface area (Å²) in [5.74, 6) is 8.41. The molecule has 3 aromatic rings. The average Bonchev–Trinajstić information content (AvgIpc) is 3.48. The van der Waals surface area contributed by atoms with Crippen molar-refractivity contribution in [3.8, 4) is 23.2 Å². The van der Waals surface area contributed by atoms with Crippen LogP contribution in [0.4, 0.5) is 17.3 Å². The number of hydrogen-bond acceptors (Lipinski definition) is 10. The smallest absolute Gasteiger partial charge is 0.256 e. The van der Waals surface area contributed by atoms with Gasteiger partial charge in [0.1, 0.15) is 11.6 Å². The van der Waals surface area contributed by atoms with Crippen LogP contribution in [-0.4, -0.2) is 75.8 Å². The molecule has 0 aromatic carbocycles. The van der Waals surface area contributed by atoms with Gasteiger partial charge < -0.3 is 20.1 Å². The highest BCUT2D eigenvalue weighted by Gasteiger charge is 2.37. The minimum absolute atomic E-state index is 0.0687. The van der Waals surface area contributed by atoms with E-state index >= 15 is 0 Å². The molecule has 3 aromatic heterocycles. The van der Waals surface area contributed by atoms with Gasteiger partial charge in [0.25, 0.3) is 10.0 Å². The standard InChI is InChI=1S/C28H33N7O4S/c1-28(19-36)8-11-34(12-9-28)24-14-26(30-15-21(24)3-2-20-7-13-39-18-20)32-25-6-10-29-27(33-25)22-16-31-35(17-22)40(37,38)23-4-5-23/h6,10,14-17,20,23,36H,4-5,7-9,11-13,18-19H2,1H3,(H,29,30,32,33). The third kappa shape index (κ3) is 5.68. The lowest BCUT2D eigenvalue weighted by Gasteiger charge is -2.39. The highest BCUT2D eigenvalue weighted by atomic mass is 32.2. The molecule has 6 rings (SSSR count). The zero-order valence-corrected chi connectivity index (χ0v) is 23.3. The summed E-state index contributed by atoms with van der Waals surface area (Å²) in [4.78, 5) is 15.8. The number of aromatic nitrogens is 5. The molecule has 3 fully saturated rings. The lowest BCUT2D eigenvalue weighted by molar-refractivity contribution is 0.115. The van der Waals surface area contributed by atoms with Crippen LogP contribution in [0.2, 0.25) is 0 Å². The molecule has 3 aliphatic rings. The summed E-state index contributed by atoms with van der Waals surface area (Å²) in [6.45, 7) is 5.34. The molecule has 1 saturated carbocycles. The molecule has 2 N–H and O–H groups in total. The molecule has 0 amide bonds. The van der Waals surface area contributed by atoms with Crippen molar-refractivity contribution in [2.75, 3.05) is 43.1 Å².